The summed E-state index contributed by atoms with van der Waals surface area (Å²) in [5.41, 5.74) is 2.59. The monoisotopic (exact) mass is 422 g/mol. The lowest BCUT2D eigenvalue weighted by molar-refractivity contribution is -0.116. The van der Waals surface area contributed by atoms with E-state index in [1.807, 2.05) is 24.3 Å². The van der Waals surface area contributed by atoms with Gasteiger partial charge in [0.1, 0.15) is 0 Å². The molecule has 0 fully saturated rings. The van der Waals surface area contributed by atoms with Crippen LogP contribution in [0.3, 0.4) is 0 Å². The standard InChI is InChI=1S/C18H19BrN2O3S/c1-13(22)21-10-2-3-15-11-17(8-9-18(15)21)25(23,24)20-12-14-4-6-16(19)7-5-14/h4-9,11,20H,2-3,10,12H2,1H3. The molecule has 0 saturated carbocycles. The van der Waals surface area contributed by atoms with Crippen LogP contribution in [0.2, 0.25) is 0 Å². The average molecular weight is 423 g/mol. The first-order valence-electron chi connectivity index (χ1n) is 8.02. The SMILES string of the molecule is CC(=O)N1CCCc2cc(S(=O)(=O)NCc3ccc(Br)cc3)ccc21. The number of sulfonamides is 1. The van der Waals surface area contributed by atoms with E-state index in [2.05, 4.69) is 20.7 Å². The van der Waals surface area contributed by atoms with Gasteiger partial charge in [0.05, 0.1) is 4.90 Å². The third-order valence-corrected chi connectivity index (χ3v) is 6.17. The van der Waals surface area contributed by atoms with Crippen molar-refractivity contribution < 1.29 is 13.2 Å². The lowest BCUT2D eigenvalue weighted by Gasteiger charge is -2.28. The first-order valence-corrected chi connectivity index (χ1v) is 10.3. The molecule has 3 rings (SSSR count). The highest BCUT2D eigenvalue weighted by molar-refractivity contribution is 9.10. The van der Waals surface area contributed by atoms with Crippen LogP contribution in [0.15, 0.2) is 51.8 Å². The van der Waals surface area contributed by atoms with Gasteiger partial charge in [-0.2, -0.15) is 0 Å². The van der Waals surface area contributed by atoms with Gasteiger partial charge >= 0.3 is 0 Å². The van der Waals surface area contributed by atoms with Gasteiger partial charge in [-0.3, -0.25) is 4.79 Å². The number of anilines is 1. The predicted octanol–water partition coefficient (Wildman–Crippen LogP) is 3.23. The molecule has 132 valence electrons. The molecule has 7 heteroatoms. The zero-order valence-corrected chi connectivity index (χ0v) is 16.2. The Hall–Kier alpha value is -1.70. The van der Waals surface area contributed by atoms with Crippen LogP contribution in [0.5, 0.6) is 0 Å². The van der Waals surface area contributed by atoms with Gasteiger partial charge < -0.3 is 4.90 Å². The summed E-state index contributed by atoms with van der Waals surface area (Å²) in [5.74, 6) is -0.0232. The largest absolute Gasteiger partial charge is 0.312 e. The molecule has 2 aromatic rings. The van der Waals surface area contributed by atoms with E-state index in [4.69, 9.17) is 0 Å². The summed E-state index contributed by atoms with van der Waals surface area (Å²) in [7, 11) is -3.60. The summed E-state index contributed by atoms with van der Waals surface area (Å²) < 4.78 is 28.7. The molecule has 1 aliphatic heterocycles. The smallest absolute Gasteiger partial charge is 0.240 e. The van der Waals surface area contributed by atoms with Gasteiger partial charge in [-0.15, -0.1) is 0 Å². The van der Waals surface area contributed by atoms with Crippen LogP contribution >= 0.6 is 15.9 Å². The molecular formula is C18H19BrN2O3S. The molecule has 0 radical (unpaired) electrons. The van der Waals surface area contributed by atoms with Crippen molar-refractivity contribution in [1.82, 2.24) is 4.72 Å². The maximum atomic E-state index is 12.6. The summed E-state index contributed by atoms with van der Waals surface area (Å²) >= 11 is 3.36. The summed E-state index contributed by atoms with van der Waals surface area (Å²) in [4.78, 5) is 13.6. The van der Waals surface area contributed by atoms with Gasteiger partial charge in [-0.1, -0.05) is 28.1 Å². The van der Waals surface area contributed by atoms with Gasteiger partial charge in [-0.25, -0.2) is 13.1 Å². The van der Waals surface area contributed by atoms with Crippen molar-refractivity contribution in [3.63, 3.8) is 0 Å². The average Bonchev–Trinajstić information content (AvgIpc) is 2.60. The molecule has 25 heavy (non-hydrogen) atoms. The van der Waals surface area contributed by atoms with E-state index in [1.165, 1.54) is 6.92 Å². The fourth-order valence-corrected chi connectivity index (χ4v) is 4.26. The predicted molar refractivity (Wildman–Crippen MR) is 101 cm³/mol. The second-order valence-corrected chi connectivity index (χ2v) is 8.70. The second kappa shape index (κ2) is 7.27. The molecule has 0 aromatic heterocycles. The van der Waals surface area contributed by atoms with Crippen molar-refractivity contribution >= 4 is 37.5 Å². The lowest BCUT2D eigenvalue weighted by atomic mass is 10.0. The highest BCUT2D eigenvalue weighted by Gasteiger charge is 2.22. The molecule has 1 N–H and O–H groups in total. The maximum absolute atomic E-state index is 12.6. The van der Waals surface area contributed by atoms with Gasteiger partial charge in [0, 0.05) is 30.2 Å². The quantitative estimate of drug-likeness (QED) is 0.821. The summed E-state index contributed by atoms with van der Waals surface area (Å²) in [5, 5.41) is 0. The van der Waals surface area contributed by atoms with E-state index < -0.39 is 10.0 Å². The Kier molecular flexibility index (Phi) is 5.27. The van der Waals surface area contributed by atoms with Crippen molar-refractivity contribution in [3.8, 4) is 0 Å². The van der Waals surface area contributed by atoms with Gasteiger partial charge in [-0.05, 0) is 54.3 Å². The number of nitrogens with zero attached hydrogens (tertiary/aromatic N) is 1. The van der Waals surface area contributed by atoms with Gasteiger partial charge in [0.15, 0.2) is 0 Å². The lowest BCUT2D eigenvalue weighted by Crippen LogP contribution is -2.33. The van der Waals surface area contributed by atoms with E-state index in [-0.39, 0.29) is 17.3 Å². The van der Waals surface area contributed by atoms with Crippen LogP contribution in [0.4, 0.5) is 5.69 Å². The fourth-order valence-electron chi connectivity index (χ4n) is 2.93. The first kappa shape index (κ1) is 18.1. The number of carbonyl (C=O) groups is 1. The third kappa shape index (κ3) is 4.11. The third-order valence-electron chi connectivity index (χ3n) is 4.24. The van der Waals surface area contributed by atoms with Crippen molar-refractivity contribution in [1.29, 1.82) is 0 Å². The molecule has 1 aliphatic rings. The number of benzene rings is 2. The Morgan fingerprint density at radius 3 is 2.60 bits per heavy atom. The van der Waals surface area contributed by atoms with Gasteiger partial charge in [0.2, 0.25) is 15.9 Å². The van der Waals surface area contributed by atoms with Crippen LogP contribution in [0, 0.1) is 0 Å². The number of rotatable bonds is 4. The number of aryl methyl sites for hydroxylation is 1. The van der Waals surface area contributed by atoms with Crippen molar-refractivity contribution in [2.45, 2.75) is 31.2 Å². The Labute approximate surface area is 156 Å². The summed E-state index contributed by atoms with van der Waals surface area (Å²) in [6.45, 7) is 2.43. The van der Waals surface area contributed by atoms with Crippen LogP contribution in [0.25, 0.3) is 0 Å². The first-order chi connectivity index (χ1) is 11.9. The topological polar surface area (TPSA) is 66.5 Å². The normalized spacial score (nSPS) is 14.2. The zero-order chi connectivity index (χ0) is 18.0. The Bertz CT molecular complexity index is 895. The second-order valence-electron chi connectivity index (χ2n) is 6.02. The zero-order valence-electron chi connectivity index (χ0n) is 13.8. The van der Waals surface area contributed by atoms with Gasteiger partial charge in [0.25, 0.3) is 0 Å². The van der Waals surface area contributed by atoms with Crippen LogP contribution in [0.1, 0.15) is 24.5 Å². The molecule has 0 aliphatic carbocycles. The van der Waals surface area contributed by atoms with E-state index in [9.17, 15) is 13.2 Å². The Morgan fingerprint density at radius 2 is 1.92 bits per heavy atom. The highest BCUT2D eigenvalue weighted by atomic mass is 79.9. The number of amides is 1. The highest BCUT2D eigenvalue weighted by Crippen LogP contribution is 2.29. The molecule has 0 spiro atoms. The van der Waals surface area contributed by atoms with E-state index >= 15 is 0 Å². The van der Waals surface area contributed by atoms with E-state index in [0.717, 1.165) is 34.1 Å². The number of hydrogen-bond donors (Lipinski definition) is 1. The Morgan fingerprint density at radius 1 is 1.20 bits per heavy atom. The molecule has 0 unspecified atom stereocenters. The van der Waals surface area contributed by atoms with Crippen LogP contribution in [-0.4, -0.2) is 20.9 Å². The number of hydrogen-bond acceptors (Lipinski definition) is 3. The van der Waals surface area contributed by atoms with Crippen molar-refractivity contribution in [3.05, 3.63) is 58.1 Å². The Balaban J connectivity index is 1.80. The minimum absolute atomic E-state index is 0.0232. The molecule has 2 aromatic carbocycles. The number of carbonyl (C=O) groups excluding carboxylic acids is 1. The van der Waals surface area contributed by atoms with E-state index in [0.29, 0.717) is 6.54 Å². The molecule has 1 amide bonds. The maximum Gasteiger partial charge on any atom is 0.240 e. The molecule has 1 heterocycles. The minimum Gasteiger partial charge on any atom is -0.312 e. The van der Waals surface area contributed by atoms with Crippen molar-refractivity contribution in [2.75, 3.05) is 11.4 Å². The fraction of sp³-hybridized carbons (Fsp3) is 0.278. The van der Waals surface area contributed by atoms with Crippen LogP contribution in [-0.2, 0) is 27.8 Å². The number of nitrogens with one attached hydrogen (secondary N) is 1. The van der Waals surface area contributed by atoms with Crippen molar-refractivity contribution in [2.24, 2.45) is 0 Å². The minimum atomic E-state index is -3.60. The van der Waals surface area contributed by atoms with E-state index in [1.54, 1.807) is 23.1 Å². The molecule has 5 nitrogen and oxygen atoms in total. The molecular weight excluding hydrogens is 404 g/mol. The van der Waals surface area contributed by atoms with Crippen LogP contribution < -0.4 is 9.62 Å². The molecule has 0 atom stereocenters. The number of fused-ring (bicyclic) bond motifs is 1. The molecule has 0 saturated heterocycles. The summed E-state index contributed by atoms with van der Waals surface area (Å²) in [6.07, 6.45) is 1.61. The summed E-state index contributed by atoms with van der Waals surface area (Å²) in [6, 6.07) is 12.4. The molecule has 0 bridgehead atoms. The number of halogens is 1.